The minimum Gasteiger partial charge on any atom is -0.509 e. The number of benzene rings is 1. The van der Waals surface area contributed by atoms with Gasteiger partial charge in [-0.3, -0.25) is 19.3 Å². The summed E-state index contributed by atoms with van der Waals surface area (Å²) in [5, 5.41) is 47.6. The lowest BCUT2D eigenvalue weighted by atomic mass is 9.45. The number of ketones is 2. The number of hydrogen-bond acceptors (Lipinski definition) is 9. The average molecular weight is 472 g/mol. The summed E-state index contributed by atoms with van der Waals surface area (Å²) in [5.41, 5.74) is -0.320. The van der Waals surface area contributed by atoms with E-state index in [1.54, 1.807) is 27.2 Å². The molecule has 1 aromatic carbocycles. The lowest BCUT2D eigenvalue weighted by Crippen LogP contribution is -2.76. The van der Waals surface area contributed by atoms with Crippen LogP contribution in [0.15, 0.2) is 29.0 Å². The van der Waals surface area contributed by atoms with Gasteiger partial charge in [-0.05, 0) is 57.5 Å². The van der Waals surface area contributed by atoms with Gasteiger partial charge in [0.2, 0.25) is 11.6 Å². The molecule has 4 rings (SSSR count). The van der Waals surface area contributed by atoms with Crippen LogP contribution in [0.2, 0.25) is 0 Å². The van der Waals surface area contributed by atoms with E-state index in [0.717, 1.165) is 0 Å². The molecule has 0 bridgehead atoms. The lowest BCUT2D eigenvalue weighted by Gasteiger charge is -2.62. The fraction of sp³-hybridized carbons (Fsp3) is 0.458. The largest absolute Gasteiger partial charge is 0.509 e. The molecule has 4 atom stereocenters. The summed E-state index contributed by atoms with van der Waals surface area (Å²) in [4.78, 5) is 41.1. The van der Waals surface area contributed by atoms with Gasteiger partial charge in [0.05, 0.1) is 11.1 Å². The maximum Gasteiger partial charge on any atom is 0.255 e. The molecule has 0 radical (unpaired) electrons. The zero-order valence-electron chi connectivity index (χ0n) is 19.7. The van der Waals surface area contributed by atoms with Crippen molar-refractivity contribution in [1.29, 1.82) is 0 Å². The molecule has 1 saturated carbocycles. The predicted molar refractivity (Wildman–Crippen MR) is 123 cm³/mol. The van der Waals surface area contributed by atoms with Crippen LogP contribution in [0.1, 0.15) is 31.4 Å². The van der Waals surface area contributed by atoms with Gasteiger partial charge in [0.1, 0.15) is 22.8 Å². The van der Waals surface area contributed by atoms with Gasteiger partial charge in [0.15, 0.2) is 5.60 Å². The Morgan fingerprint density at radius 3 is 2.29 bits per heavy atom. The zero-order valence-corrected chi connectivity index (χ0v) is 19.7. The highest BCUT2D eigenvalue weighted by Gasteiger charge is 2.75. The molecule has 7 N–H and O–H groups in total. The van der Waals surface area contributed by atoms with Gasteiger partial charge < -0.3 is 31.5 Å². The molecule has 1 amide bonds. The molecule has 2 unspecified atom stereocenters. The highest BCUT2D eigenvalue weighted by molar-refractivity contribution is 6.33. The first kappa shape index (κ1) is 23.8. The molecule has 0 aromatic heterocycles. The van der Waals surface area contributed by atoms with Gasteiger partial charge in [-0.15, -0.1) is 0 Å². The van der Waals surface area contributed by atoms with E-state index < -0.39 is 57.0 Å². The number of primary amides is 1. The quantitative estimate of drug-likeness (QED) is 0.212. The SMILES string of the molecule is CNc1ccc(O)c2c1CC1C[C@@]3(C)C(C)(N(C)C)C(O)=C(C(N)=O)C(=O)[C@@]3(O)C(=O)C1=C2O. The number of nitrogens with zero attached hydrogens (tertiary/aromatic N) is 1. The van der Waals surface area contributed by atoms with E-state index in [9.17, 15) is 34.8 Å². The summed E-state index contributed by atoms with van der Waals surface area (Å²) in [7, 11) is 4.87. The molecule has 10 nitrogen and oxygen atoms in total. The number of amides is 1. The van der Waals surface area contributed by atoms with Crippen molar-refractivity contribution in [1.82, 2.24) is 4.90 Å². The van der Waals surface area contributed by atoms with E-state index in [1.807, 2.05) is 0 Å². The summed E-state index contributed by atoms with van der Waals surface area (Å²) in [6.45, 7) is 3.05. The normalized spacial score (nSPS) is 33.0. The van der Waals surface area contributed by atoms with Crippen LogP contribution in [0.5, 0.6) is 5.75 Å². The monoisotopic (exact) mass is 471 g/mol. The first-order valence-corrected chi connectivity index (χ1v) is 10.9. The molecular formula is C24H29N3O7. The highest BCUT2D eigenvalue weighted by atomic mass is 16.3. The fourth-order valence-corrected chi connectivity index (χ4v) is 6.21. The predicted octanol–water partition coefficient (Wildman–Crippen LogP) is 0.786. The van der Waals surface area contributed by atoms with Crippen molar-refractivity contribution in [2.24, 2.45) is 17.1 Å². The first-order valence-electron chi connectivity index (χ1n) is 10.9. The molecule has 0 saturated heterocycles. The maximum atomic E-state index is 13.9. The number of nitrogens with one attached hydrogen (secondary N) is 1. The number of hydrogen-bond donors (Lipinski definition) is 6. The number of rotatable bonds is 3. The third-order valence-electron chi connectivity index (χ3n) is 8.41. The van der Waals surface area contributed by atoms with E-state index in [0.29, 0.717) is 11.3 Å². The number of carbonyl (C=O) groups excluding carboxylic acids is 3. The Morgan fingerprint density at radius 2 is 1.76 bits per heavy atom. The molecular weight excluding hydrogens is 442 g/mol. The molecule has 10 heteroatoms. The second-order valence-corrected chi connectivity index (χ2v) is 9.86. The second kappa shape index (κ2) is 7.07. The summed E-state index contributed by atoms with van der Waals surface area (Å²) in [6.07, 6.45) is 0.227. The Labute approximate surface area is 196 Å². The third kappa shape index (κ3) is 2.44. The highest BCUT2D eigenvalue weighted by Crippen LogP contribution is 2.62. The summed E-state index contributed by atoms with van der Waals surface area (Å²) in [5.74, 6) is -5.70. The van der Waals surface area contributed by atoms with E-state index in [-0.39, 0.29) is 29.7 Å². The lowest BCUT2D eigenvalue weighted by molar-refractivity contribution is -0.188. The van der Waals surface area contributed by atoms with Crippen LogP contribution in [-0.4, -0.2) is 75.1 Å². The molecule has 34 heavy (non-hydrogen) atoms. The number of aromatic hydroxyl groups is 1. The van der Waals surface area contributed by atoms with Crippen LogP contribution in [-0.2, 0) is 20.8 Å². The van der Waals surface area contributed by atoms with Crippen LogP contribution in [0.3, 0.4) is 0 Å². The van der Waals surface area contributed by atoms with Crippen molar-refractivity contribution in [3.8, 4) is 5.75 Å². The maximum absolute atomic E-state index is 13.9. The summed E-state index contributed by atoms with van der Waals surface area (Å²) in [6, 6.07) is 3.02. The first-order chi connectivity index (χ1) is 15.7. The molecule has 0 spiro atoms. The minimum atomic E-state index is -2.80. The Hall–Kier alpha value is -3.37. The number of nitrogens with two attached hydrogens (primary N) is 1. The van der Waals surface area contributed by atoms with Gasteiger partial charge >= 0.3 is 0 Å². The van der Waals surface area contributed by atoms with Crippen molar-refractivity contribution < 1.29 is 34.8 Å². The Morgan fingerprint density at radius 1 is 1.15 bits per heavy atom. The number of likely N-dealkylation sites (N-methyl/N-ethyl adjacent to an activating group) is 1. The van der Waals surface area contributed by atoms with Crippen LogP contribution in [0, 0.1) is 11.3 Å². The zero-order chi connectivity index (χ0) is 25.5. The van der Waals surface area contributed by atoms with E-state index in [4.69, 9.17) is 5.73 Å². The Kier molecular flexibility index (Phi) is 4.94. The summed E-state index contributed by atoms with van der Waals surface area (Å²) >= 11 is 0. The number of anilines is 1. The van der Waals surface area contributed by atoms with Gasteiger partial charge in [-0.2, -0.15) is 0 Å². The van der Waals surface area contributed by atoms with E-state index >= 15 is 0 Å². The Bertz CT molecular complexity index is 1230. The average Bonchev–Trinajstić information content (AvgIpc) is 2.75. The van der Waals surface area contributed by atoms with Crippen LogP contribution in [0.4, 0.5) is 5.69 Å². The standard InChI is InChI=1S/C24H29N3O7/c1-22-9-10-8-11-12(26-3)6-7-13(28)15(11)17(29)14(10)19(31)24(22,34)20(32)16(21(25)33)18(30)23(22,2)27(4)5/h6-7,10,26,28-30,34H,8-9H2,1-5H3,(H2,25,33)/t10?,22-,23?,24-/m0/s1. The second-order valence-electron chi connectivity index (χ2n) is 9.86. The van der Waals surface area contributed by atoms with Crippen molar-refractivity contribution >= 4 is 28.9 Å². The number of Topliss-reactive ketones (excluding diaryl/α,β-unsaturated/α-hetero) is 2. The molecule has 1 aromatic rings. The van der Waals surface area contributed by atoms with Crippen molar-refractivity contribution in [2.75, 3.05) is 26.5 Å². The molecule has 182 valence electrons. The topological polar surface area (TPSA) is 173 Å². The molecule has 3 aliphatic carbocycles. The van der Waals surface area contributed by atoms with Gasteiger partial charge in [0.25, 0.3) is 5.91 Å². The number of phenolic OH excluding ortho intramolecular Hbond substituents is 1. The minimum absolute atomic E-state index is 0.00338. The summed E-state index contributed by atoms with van der Waals surface area (Å²) < 4.78 is 0. The number of aliphatic hydroxyl groups is 3. The van der Waals surface area contributed by atoms with Crippen molar-refractivity contribution in [2.45, 2.75) is 37.8 Å². The third-order valence-corrected chi connectivity index (χ3v) is 8.41. The van der Waals surface area contributed by atoms with E-state index in [1.165, 1.54) is 24.8 Å². The van der Waals surface area contributed by atoms with Crippen LogP contribution >= 0.6 is 0 Å². The van der Waals surface area contributed by atoms with Gasteiger partial charge in [0, 0.05) is 23.7 Å². The van der Waals surface area contributed by atoms with Gasteiger partial charge in [-0.25, -0.2) is 0 Å². The van der Waals surface area contributed by atoms with Crippen LogP contribution < -0.4 is 11.1 Å². The molecule has 0 heterocycles. The molecule has 0 aliphatic heterocycles. The van der Waals surface area contributed by atoms with Crippen molar-refractivity contribution in [3.63, 3.8) is 0 Å². The number of phenols is 1. The fourth-order valence-electron chi connectivity index (χ4n) is 6.21. The molecule has 1 fully saturated rings. The Balaban J connectivity index is 2.07. The smallest absolute Gasteiger partial charge is 0.255 e. The van der Waals surface area contributed by atoms with Crippen LogP contribution in [0.25, 0.3) is 5.76 Å². The van der Waals surface area contributed by atoms with Gasteiger partial charge in [-0.1, -0.05) is 6.92 Å². The van der Waals surface area contributed by atoms with Crippen molar-refractivity contribution in [3.05, 3.63) is 40.2 Å². The molecule has 3 aliphatic rings. The number of fused-ring (bicyclic) bond motifs is 3. The number of aliphatic hydroxyl groups excluding tert-OH is 2. The van der Waals surface area contributed by atoms with E-state index in [2.05, 4.69) is 5.32 Å². The number of carbonyl (C=O) groups is 3.